The van der Waals surface area contributed by atoms with Gasteiger partial charge in [0.25, 0.3) is 5.91 Å². The second kappa shape index (κ2) is 9.84. The molecular formula is C21H22ClF4N3O4. The molecule has 2 aliphatic rings. The van der Waals surface area contributed by atoms with Crippen LogP contribution < -0.4 is 10.1 Å². The van der Waals surface area contributed by atoms with Crippen LogP contribution in [0.4, 0.5) is 17.6 Å². The van der Waals surface area contributed by atoms with Crippen LogP contribution in [0.5, 0.6) is 5.75 Å². The quantitative estimate of drug-likeness (QED) is 0.556. The van der Waals surface area contributed by atoms with E-state index in [-0.39, 0.29) is 54.0 Å². The van der Waals surface area contributed by atoms with E-state index in [0.717, 1.165) is 18.9 Å². The van der Waals surface area contributed by atoms with Gasteiger partial charge < -0.3 is 14.5 Å². The summed E-state index contributed by atoms with van der Waals surface area (Å²) >= 11 is 5.61. The summed E-state index contributed by atoms with van der Waals surface area (Å²) in [4.78, 5) is 12.1. The zero-order valence-electron chi connectivity index (χ0n) is 17.4. The fourth-order valence-corrected chi connectivity index (χ4v) is 4.22. The van der Waals surface area contributed by atoms with E-state index < -0.39 is 18.3 Å². The van der Waals surface area contributed by atoms with Crippen LogP contribution >= 0.6 is 11.6 Å². The number of hydrogen-bond acceptors (Lipinski definition) is 6. The summed E-state index contributed by atoms with van der Waals surface area (Å²) in [5, 5.41) is 11.0. The van der Waals surface area contributed by atoms with Crippen molar-refractivity contribution in [2.24, 2.45) is 0 Å². The molecule has 2 aliphatic carbocycles. The molecule has 2 aromatic rings. The van der Waals surface area contributed by atoms with E-state index in [4.69, 9.17) is 20.8 Å². The van der Waals surface area contributed by atoms with Crippen LogP contribution in [0.2, 0.25) is 5.02 Å². The summed E-state index contributed by atoms with van der Waals surface area (Å²) < 4.78 is 65.1. The first-order chi connectivity index (χ1) is 15.7. The number of carbonyl (C=O) groups is 1. The van der Waals surface area contributed by atoms with Crippen LogP contribution in [0.25, 0.3) is 0 Å². The SMILES string of the molecule is O=C(COc1ccc(Cl)c(F)c1)N[C@H]1CC[C@H](c2nnc([C@H]3C[C@H](OC(F)(F)F)C3)o2)CC1. The largest absolute Gasteiger partial charge is 0.522 e. The Morgan fingerprint density at radius 1 is 1.12 bits per heavy atom. The smallest absolute Gasteiger partial charge is 0.484 e. The third kappa shape index (κ3) is 6.35. The lowest BCUT2D eigenvalue weighted by atomic mass is 9.82. The third-order valence-corrected chi connectivity index (χ3v) is 6.21. The van der Waals surface area contributed by atoms with E-state index in [2.05, 4.69) is 20.3 Å². The molecule has 0 atom stereocenters. The molecular weight excluding hydrogens is 470 g/mol. The van der Waals surface area contributed by atoms with Gasteiger partial charge in [-0.15, -0.1) is 23.4 Å². The molecule has 0 unspecified atom stereocenters. The molecule has 33 heavy (non-hydrogen) atoms. The van der Waals surface area contributed by atoms with Gasteiger partial charge in [-0.2, -0.15) is 0 Å². The van der Waals surface area contributed by atoms with Gasteiger partial charge in [0.15, 0.2) is 6.61 Å². The molecule has 2 saturated carbocycles. The second-order valence-corrected chi connectivity index (χ2v) is 8.72. The minimum absolute atomic E-state index is 0.0238. The number of rotatable bonds is 7. The molecule has 1 aromatic heterocycles. The van der Waals surface area contributed by atoms with Gasteiger partial charge in [-0.3, -0.25) is 9.53 Å². The number of alkyl halides is 3. The van der Waals surface area contributed by atoms with Crippen molar-refractivity contribution in [3.8, 4) is 5.75 Å². The topological polar surface area (TPSA) is 86.5 Å². The number of hydrogen-bond donors (Lipinski definition) is 1. The van der Waals surface area contributed by atoms with E-state index in [9.17, 15) is 22.4 Å². The van der Waals surface area contributed by atoms with E-state index >= 15 is 0 Å². The number of amides is 1. The lowest BCUT2D eigenvalue weighted by molar-refractivity contribution is -0.352. The van der Waals surface area contributed by atoms with Gasteiger partial charge in [-0.1, -0.05) is 11.6 Å². The van der Waals surface area contributed by atoms with Crippen molar-refractivity contribution in [2.75, 3.05) is 6.61 Å². The van der Waals surface area contributed by atoms with Gasteiger partial charge in [-0.25, -0.2) is 4.39 Å². The predicted molar refractivity (Wildman–Crippen MR) is 107 cm³/mol. The Kier molecular flexibility index (Phi) is 7.08. The monoisotopic (exact) mass is 491 g/mol. The Morgan fingerprint density at radius 2 is 1.79 bits per heavy atom. The number of aromatic nitrogens is 2. The molecule has 0 saturated heterocycles. The molecule has 0 spiro atoms. The van der Waals surface area contributed by atoms with Crippen LogP contribution in [0, 0.1) is 5.82 Å². The van der Waals surface area contributed by atoms with Crippen LogP contribution in [0.1, 0.15) is 62.1 Å². The molecule has 7 nitrogen and oxygen atoms in total. The summed E-state index contributed by atoms with van der Waals surface area (Å²) in [5.41, 5.74) is 0. The van der Waals surface area contributed by atoms with Gasteiger partial charge in [-0.05, 0) is 50.7 Å². The molecule has 1 amide bonds. The van der Waals surface area contributed by atoms with E-state index in [1.54, 1.807) is 0 Å². The second-order valence-electron chi connectivity index (χ2n) is 8.31. The average molecular weight is 492 g/mol. The van der Waals surface area contributed by atoms with Gasteiger partial charge >= 0.3 is 6.36 Å². The predicted octanol–water partition coefficient (Wildman–Crippen LogP) is 4.87. The van der Waals surface area contributed by atoms with Crippen LogP contribution in [-0.4, -0.2) is 41.2 Å². The minimum atomic E-state index is -4.64. The van der Waals surface area contributed by atoms with Crippen molar-refractivity contribution in [3.05, 3.63) is 40.8 Å². The molecule has 1 N–H and O–H groups in total. The van der Waals surface area contributed by atoms with Crippen molar-refractivity contribution in [2.45, 2.75) is 68.9 Å². The summed E-state index contributed by atoms with van der Waals surface area (Å²) in [7, 11) is 0. The first-order valence-corrected chi connectivity index (χ1v) is 11.0. The number of halogens is 5. The van der Waals surface area contributed by atoms with Crippen molar-refractivity contribution >= 4 is 17.5 Å². The molecule has 0 aliphatic heterocycles. The Balaban J connectivity index is 1.18. The molecule has 2 fully saturated rings. The first kappa shape index (κ1) is 23.7. The van der Waals surface area contributed by atoms with Crippen LogP contribution in [0.15, 0.2) is 22.6 Å². The zero-order valence-corrected chi connectivity index (χ0v) is 18.2. The highest BCUT2D eigenvalue weighted by atomic mass is 35.5. The minimum Gasteiger partial charge on any atom is -0.484 e. The summed E-state index contributed by atoms with van der Waals surface area (Å²) in [6.45, 7) is -0.242. The Bertz CT molecular complexity index is 973. The Morgan fingerprint density at radius 3 is 2.42 bits per heavy atom. The van der Waals surface area contributed by atoms with Crippen LogP contribution in [0.3, 0.4) is 0 Å². The van der Waals surface area contributed by atoms with Crippen molar-refractivity contribution < 1.29 is 36.2 Å². The standard InChI is InChI=1S/C21H22ClF4N3O4/c22-16-6-5-14(9-17(16)23)31-10-18(30)27-13-3-1-11(2-4-13)19-28-29-20(32-19)12-7-15(8-12)33-21(24,25)26/h5-6,9,11-13,15H,1-4,7-8,10H2,(H,27,30)/t11-,12-,13-,15-. The Labute approximate surface area is 191 Å². The summed E-state index contributed by atoms with van der Waals surface area (Å²) in [5.74, 6) is -0.0799. The third-order valence-electron chi connectivity index (χ3n) is 5.90. The molecule has 4 rings (SSSR count). The van der Waals surface area contributed by atoms with Crippen molar-refractivity contribution in [1.29, 1.82) is 0 Å². The number of carbonyl (C=O) groups excluding carboxylic acids is 1. The van der Waals surface area contributed by atoms with Crippen molar-refractivity contribution in [3.63, 3.8) is 0 Å². The lowest BCUT2D eigenvalue weighted by Gasteiger charge is -2.33. The van der Waals surface area contributed by atoms with Gasteiger partial charge in [0.2, 0.25) is 11.8 Å². The Hall–Kier alpha value is -2.40. The average Bonchev–Trinajstić information content (AvgIpc) is 3.21. The molecule has 180 valence electrons. The number of nitrogens with one attached hydrogen (secondary N) is 1. The van der Waals surface area contributed by atoms with Gasteiger partial charge in [0.1, 0.15) is 11.6 Å². The maximum atomic E-state index is 13.4. The molecule has 0 radical (unpaired) electrons. The number of benzene rings is 1. The highest BCUT2D eigenvalue weighted by molar-refractivity contribution is 6.30. The maximum absolute atomic E-state index is 13.4. The highest BCUT2D eigenvalue weighted by Gasteiger charge is 2.42. The maximum Gasteiger partial charge on any atom is 0.522 e. The van der Waals surface area contributed by atoms with Gasteiger partial charge in [0.05, 0.1) is 11.1 Å². The van der Waals surface area contributed by atoms with Crippen molar-refractivity contribution in [1.82, 2.24) is 15.5 Å². The molecule has 1 aromatic carbocycles. The lowest BCUT2D eigenvalue weighted by Crippen LogP contribution is -2.39. The fourth-order valence-electron chi connectivity index (χ4n) is 4.10. The summed E-state index contributed by atoms with van der Waals surface area (Å²) in [6, 6.07) is 3.92. The van der Waals surface area contributed by atoms with E-state index in [1.165, 1.54) is 12.1 Å². The van der Waals surface area contributed by atoms with Gasteiger partial charge in [0, 0.05) is 23.9 Å². The molecule has 1 heterocycles. The highest BCUT2D eigenvalue weighted by Crippen LogP contribution is 2.42. The summed E-state index contributed by atoms with van der Waals surface area (Å²) in [6.07, 6.45) is -2.25. The van der Waals surface area contributed by atoms with E-state index in [0.29, 0.717) is 24.6 Å². The van der Waals surface area contributed by atoms with E-state index in [1.807, 2.05) is 0 Å². The number of nitrogens with zero attached hydrogens (tertiary/aromatic N) is 2. The normalized spacial score (nSPS) is 25.4. The number of ether oxygens (including phenoxy) is 2. The van der Waals surface area contributed by atoms with Crippen LogP contribution in [-0.2, 0) is 9.53 Å². The first-order valence-electron chi connectivity index (χ1n) is 10.6. The molecule has 12 heteroatoms. The molecule has 0 bridgehead atoms. The fraction of sp³-hybridized carbons (Fsp3) is 0.571. The zero-order chi connectivity index (χ0) is 23.6.